The van der Waals surface area contributed by atoms with Crippen molar-refractivity contribution in [3.63, 3.8) is 0 Å². The maximum absolute atomic E-state index is 10.6. The Bertz CT molecular complexity index is 603. The third-order valence-electron chi connectivity index (χ3n) is 6.17. The summed E-state index contributed by atoms with van der Waals surface area (Å²) in [5.74, 6) is 0. The van der Waals surface area contributed by atoms with Gasteiger partial charge in [-0.05, 0) is 13.8 Å². The SMILES string of the molecule is CC1OC(O)C(N)C(OC2OC(C)C(O)C(OC3OC(CO)C(O)C(O)C3O)C2N)C1O. The maximum Gasteiger partial charge on any atom is 0.187 e. The summed E-state index contributed by atoms with van der Waals surface area (Å²) in [5, 5.41) is 70.3. The summed E-state index contributed by atoms with van der Waals surface area (Å²) in [5.41, 5.74) is 12.1. The van der Waals surface area contributed by atoms with Gasteiger partial charge in [-0.3, -0.25) is 0 Å². The van der Waals surface area contributed by atoms with Gasteiger partial charge in [-0.2, -0.15) is 0 Å². The van der Waals surface area contributed by atoms with Crippen LogP contribution >= 0.6 is 0 Å². The van der Waals surface area contributed by atoms with Crippen LogP contribution in [0.5, 0.6) is 0 Å². The highest BCUT2D eigenvalue weighted by Crippen LogP contribution is 2.31. The molecule has 0 aliphatic carbocycles. The van der Waals surface area contributed by atoms with Crippen molar-refractivity contribution in [1.82, 2.24) is 0 Å². The fourth-order valence-corrected chi connectivity index (χ4v) is 4.04. The molecule has 3 saturated heterocycles. The van der Waals surface area contributed by atoms with Crippen molar-refractivity contribution in [3.8, 4) is 0 Å². The quantitative estimate of drug-likeness (QED) is 0.182. The molecular formula is C18H34N2O12. The second-order valence-electron chi connectivity index (χ2n) is 8.48. The van der Waals surface area contributed by atoms with Gasteiger partial charge in [0, 0.05) is 0 Å². The second-order valence-corrected chi connectivity index (χ2v) is 8.48. The Morgan fingerprint density at radius 3 is 1.78 bits per heavy atom. The van der Waals surface area contributed by atoms with Crippen LogP contribution in [0.3, 0.4) is 0 Å². The molecule has 0 amide bonds. The van der Waals surface area contributed by atoms with Crippen molar-refractivity contribution >= 4 is 0 Å². The number of hydrogen-bond acceptors (Lipinski definition) is 14. The monoisotopic (exact) mass is 470 g/mol. The van der Waals surface area contributed by atoms with Crippen LogP contribution < -0.4 is 11.5 Å². The molecule has 11 N–H and O–H groups in total. The zero-order chi connectivity index (χ0) is 23.9. The highest BCUT2D eigenvalue weighted by molar-refractivity contribution is 4.97. The normalized spacial score (nSPS) is 55.0. The van der Waals surface area contributed by atoms with E-state index in [-0.39, 0.29) is 0 Å². The van der Waals surface area contributed by atoms with Crippen LogP contribution in [-0.2, 0) is 23.7 Å². The first kappa shape index (κ1) is 26.1. The van der Waals surface area contributed by atoms with Gasteiger partial charge in [-0.1, -0.05) is 0 Å². The molecule has 0 bridgehead atoms. The Kier molecular flexibility index (Phi) is 8.44. The van der Waals surface area contributed by atoms with Gasteiger partial charge in [0.25, 0.3) is 0 Å². The van der Waals surface area contributed by atoms with Crippen LogP contribution in [0.15, 0.2) is 0 Å². The standard InChI is InChI=1S/C18H34N2O12/c1-4-9(22)14(7(19)16(27)28-4)31-17-8(20)15(10(23)5(2)29-17)32-18-13(26)12(25)11(24)6(3-21)30-18/h4-18,21-27H,3,19-20H2,1-2H3. The summed E-state index contributed by atoms with van der Waals surface area (Å²) < 4.78 is 27.5. The largest absolute Gasteiger partial charge is 0.394 e. The van der Waals surface area contributed by atoms with Crippen molar-refractivity contribution in [1.29, 1.82) is 0 Å². The van der Waals surface area contributed by atoms with E-state index in [0.717, 1.165) is 0 Å². The van der Waals surface area contributed by atoms with Crippen LogP contribution in [0.4, 0.5) is 0 Å². The number of aliphatic hydroxyl groups excluding tert-OH is 7. The van der Waals surface area contributed by atoms with Crippen molar-refractivity contribution < 1.29 is 59.4 Å². The smallest absolute Gasteiger partial charge is 0.187 e. The molecule has 0 saturated carbocycles. The summed E-state index contributed by atoms with van der Waals surface area (Å²) in [6, 6.07) is -2.31. The zero-order valence-electron chi connectivity index (χ0n) is 17.7. The van der Waals surface area contributed by atoms with E-state index in [2.05, 4.69) is 0 Å². The van der Waals surface area contributed by atoms with Gasteiger partial charge in [-0.15, -0.1) is 0 Å². The van der Waals surface area contributed by atoms with Crippen LogP contribution in [0.1, 0.15) is 13.8 Å². The zero-order valence-corrected chi connectivity index (χ0v) is 17.7. The molecule has 0 radical (unpaired) electrons. The van der Waals surface area contributed by atoms with E-state index < -0.39 is 98.6 Å². The van der Waals surface area contributed by atoms with E-state index in [9.17, 15) is 35.7 Å². The number of ether oxygens (including phenoxy) is 5. The van der Waals surface area contributed by atoms with Crippen LogP contribution in [0.25, 0.3) is 0 Å². The van der Waals surface area contributed by atoms with Crippen LogP contribution in [0, 0.1) is 0 Å². The molecule has 3 aliphatic rings. The minimum Gasteiger partial charge on any atom is -0.394 e. The molecular weight excluding hydrogens is 436 g/mol. The average Bonchev–Trinajstić information content (AvgIpc) is 2.76. The summed E-state index contributed by atoms with van der Waals surface area (Å²) in [6.45, 7) is 2.37. The molecule has 0 aromatic heterocycles. The Hall–Kier alpha value is -0.560. The Balaban J connectivity index is 1.74. The summed E-state index contributed by atoms with van der Waals surface area (Å²) in [7, 11) is 0. The van der Waals surface area contributed by atoms with E-state index >= 15 is 0 Å². The van der Waals surface area contributed by atoms with Gasteiger partial charge in [0.05, 0.1) is 30.9 Å². The van der Waals surface area contributed by atoms with Crippen LogP contribution in [0.2, 0.25) is 0 Å². The molecule has 3 aliphatic heterocycles. The van der Waals surface area contributed by atoms with Gasteiger partial charge >= 0.3 is 0 Å². The van der Waals surface area contributed by atoms with Gasteiger partial charge in [0.15, 0.2) is 18.9 Å². The van der Waals surface area contributed by atoms with E-state index in [0.29, 0.717) is 0 Å². The molecule has 15 unspecified atom stereocenters. The van der Waals surface area contributed by atoms with Crippen molar-refractivity contribution in [2.45, 2.75) is 106 Å². The van der Waals surface area contributed by atoms with Gasteiger partial charge in [0.2, 0.25) is 0 Å². The Morgan fingerprint density at radius 1 is 0.656 bits per heavy atom. The molecule has 15 atom stereocenters. The fraction of sp³-hybridized carbons (Fsp3) is 1.00. The minimum absolute atomic E-state index is 0.657. The predicted octanol–water partition coefficient (Wildman–Crippen LogP) is -5.58. The molecule has 14 nitrogen and oxygen atoms in total. The summed E-state index contributed by atoms with van der Waals surface area (Å²) in [6.07, 6.45) is -16.9. The lowest BCUT2D eigenvalue weighted by Gasteiger charge is -2.48. The van der Waals surface area contributed by atoms with Gasteiger partial charge in [0.1, 0.15) is 48.8 Å². The predicted molar refractivity (Wildman–Crippen MR) is 102 cm³/mol. The highest BCUT2D eigenvalue weighted by atomic mass is 16.7. The Morgan fingerprint density at radius 2 is 1.19 bits per heavy atom. The maximum atomic E-state index is 10.6. The molecule has 188 valence electrons. The molecule has 0 aromatic rings. The van der Waals surface area contributed by atoms with E-state index in [1.54, 1.807) is 0 Å². The van der Waals surface area contributed by atoms with E-state index in [1.165, 1.54) is 13.8 Å². The highest BCUT2D eigenvalue weighted by Gasteiger charge is 2.51. The second kappa shape index (κ2) is 10.4. The first-order valence-electron chi connectivity index (χ1n) is 10.5. The van der Waals surface area contributed by atoms with Gasteiger partial charge in [-0.25, -0.2) is 0 Å². The third kappa shape index (κ3) is 4.94. The molecule has 0 spiro atoms. The average molecular weight is 470 g/mol. The first-order chi connectivity index (χ1) is 15.0. The number of rotatable bonds is 5. The van der Waals surface area contributed by atoms with E-state index in [1.807, 2.05) is 0 Å². The molecule has 3 fully saturated rings. The van der Waals surface area contributed by atoms with Gasteiger partial charge < -0.3 is 70.9 Å². The van der Waals surface area contributed by atoms with Crippen molar-refractivity contribution in [2.75, 3.05) is 6.61 Å². The minimum atomic E-state index is -1.70. The fourth-order valence-electron chi connectivity index (χ4n) is 4.04. The number of nitrogens with two attached hydrogens (primary N) is 2. The lowest BCUT2D eigenvalue weighted by Crippen LogP contribution is -2.68. The number of aliphatic hydroxyl groups is 7. The van der Waals surface area contributed by atoms with Crippen molar-refractivity contribution in [3.05, 3.63) is 0 Å². The molecule has 0 aromatic carbocycles. The first-order valence-corrected chi connectivity index (χ1v) is 10.5. The topological polar surface area (TPSA) is 240 Å². The van der Waals surface area contributed by atoms with E-state index in [4.69, 9.17) is 35.2 Å². The lowest BCUT2D eigenvalue weighted by molar-refractivity contribution is -0.350. The third-order valence-corrected chi connectivity index (χ3v) is 6.17. The number of hydrogen-bond donors (Lipinski definition) is 9. The molecule has 32 heavy (non-hydrogen) atoms. The molecule has 3 heterocycles. The van der Waals surface area contributed by atoms with Crippen LogP contribution in [-0.4, -0.2) is 134 Å². The molecule has 14 heteroatoms. The van der Waals surface area contributed by atoms with Crippen molar-refractivity contribution in [2.24, 2.45) is 11.5 Å². The summed E-state index contributed by atoms with van der Waals surface area (Å²) >= 11 is 0. The Labute approximate surface area is 184 Å². The molecule has 3 rings (SSSR count). The lowest BCUT2D eigenvalue weighted by atomic mass is 9.95. The summed E-state index contributed by atoms with van der Waals surface area (Å²) in [4.78, 5) is 0.